The third kappa shape index (κ3) is 5.00. The molecule has 3 aliphatic carbocycles. The Balaban J connectivity index is 1.26. The molecule has 3 aliphatic rings. The van der Waals surface area contributed by atoms with Crippen molar-refractivity contribution in [3.63, 3.8) is 0 Å². The number of fused-ring (bicyclic) bond motifs is 4. The van der Waals surface area contributed by atoms with E-state index in [1.165, 1.54) is 61.2 Å². The van der Waals surface area contributed by atoms with Gasteiger partial charge in [-0.2, -0.15) is 0 Å². The van der Waals surface area contributed by atoms with Crippen LogP contribution in [0.2, 0.25) is 0 Å². The maximum absolute atomic E-state index is 2.51. The molecule has 0 spiro atoms. The normalized spacial score (nSPS) is 16.3. The maximum atomic E-state index is 2.51. The van der Waals surface area contributed by atoms with E-state index in [2.05, 4.69) is 223 Å². The van der Waals surface area contributed by atoms with Crippen LogP contribution in [0.15, 0.2) is 224 Å². The van der Waals surface area contributed by atoms with Crippen molar-refractivity contribution < 1.29 is 0 Å². The predicted molar refractivity (Wildman–Crippen MR) is 226 cm³/mol. The van der Waals surface area contributed by atoms with Crippen molar-refractivity contribution in [2.75, 3.05) is 4.90 Å². The van der Waals surface area contributed by atoms with Crippen molar-refractivity contribution in [3.05, 3.63) is 257 Å². The van der Waals surface area contributed by atoms with Gasteiger partial charge in [0, 0.05) is 22.7 Å². The Morgan fingerprint density at radius 1 is 0.500 bits per heavy atom. The van der Waals surface area contributed by atoms with Crippen LogP contribution in [0.25, 0.3) is 22.3 Å². The van der Waals surface area contributed by atoms with Crippen LogP contribution in [0, 0.1) is 5.92 Å². The summed E-state index contributed by atoms with van der Waals surface area (Å²) in [6.45, 7) is 0. The largest absolute Gasteiger partial charge is 0.309 e. The van der Waals surface area contributed by atoms with Crippen molar-refractivity contribution in [1.29, 1.82) is 0 Å². The summed E-state index contributed by atoms with van der Waals surface area (Å²) in [6.07, 6.45) is 12.6. The molecular weight excluding hydrogens is 651 g/mol. The molecule has 1 nitrogen and oxygen atoms in total. The molecule has 0 amide bonds. The average molecular weight is 690 g/mol. The Morgan fingerprint density at radius 2 is 1.07 bits per heavy atom. The SMILES string of the molecule is C1=CC2CC=CC(c3ccccc3N(c3ccccc3)c3cccc4c3-c3ccccc3C4(c3ccccc3)c3ccccc3)=C2C(c2ccccc2)=C1. The lowest BCUT2D eigenvalue weighted by atomic mass is 9.68. The number of hydrogen-bond acceptors (Lipinski definition) is 1. The van der Waals surface area contributed by atoms with Crippen LogP contribution in [0.1, 0.15) is 39.8 Å². The van der Waals surface area contributed by atoms with Gasteiger partial charge in [-0.05, 0) is 80.8 Å². The fraction of sp³-hybridized carbons (Fsp3) is 0.0566. The molecule has 0 aliphatic heterocycles. The van der Waals surface area contributed by atoms with Gasteiger partial charge in [-0.15, -0.1) is 0 Å². The zero-order chi connectivity index (χ0) is 35.9. The molecule has 7 aromatic rings. The summed E-state index contributed by atoms with van der Waals surface area (Å²) in [5.74, 6) is 0.314. The van der Waals surface area contributed by atoms with Gasteiger partial charge < -0.3 is 4.90 Å². The van der Waals surface area contributed by atoms with E-state index in [1.54, 1.807) is 0 Å². The number of benzene rings is 7. The standard InChI is InChI=1S/C53H39N/c1-5-20-38(21-6-1)43-32-17-22-39-23-18-33-45(51(39)43)44-30-14-16-36-49(44)54(42-28-11-4-12-29-42)50-37-19-35-48-52(50)46-31-13-15-34-47(46)53(48,40-24-7-2-8-25-40)41-26-9-3-10-27-41/h1-22,24-37,39H,23H2. The molecule has 1 atom stereocenters. The minimum absolute atomic E-state index is 0.314. The molecule has 0 aromatic heterocycles. The van der Waals surface area contributed by atoms with Crippen molar-refractivity contribution in [2.45, 2.75) is 11.8 Å². The molecular formula is C53H39N. The monoisotopic (exact) mass is 689 g/mol. The van der Waals surface area contributed by atoms with Gasteiger partial charge in [-0.1, -0.05) is 194 Å². The van der Waals surface area contributed by atoms with Gasteiger partial charge in [0.1, 0.15) is 0 Å². The van der Waals surface area contributed by atoms with E-state index in [0.29, 0.717) is 5.92 Å². The topological polar surface area (TPSA) is 3.24 Å². The first-order valence-corrected chi connectivity index (χ1v) is 19.0. The smallest absolute Gasteiger partial charge is 0.0714 e. The van der Waals surface area contributed by atoms with E-state index >= 15 is 0 Å². The summed E-state index contributed by atoms with van der Waals surface area (Å²) in [5.41, 5.74) is 17.1. The first kappa shape index (κ1) is 32.0. The Morgan fingerprint density at radius 3 is 1.80 bits per heavy atom. The highest BCUT2D eigenvalue weighted by molar-refractivity contribution is 6.02. The Labute approximate surface area is 318 Å². The maximum Gasteiger partial charge on any atom is 0.0714 e. The minimum Gasteiger partial charge on any atom is -0.309 e. The number of rotatable bonds is 7. The van der Waals surface area contributed by atoms with Crippen LogP contribution in [0.4, 0.5) is 17.1 Å². The molecule has 0 saturated heterocycles. The lowest BCUT2D eigenvalue weighted by molar-refractivity contribution is 0.768. The Bertz CT molecular complexity index is 2570. The van der Waals surface area contributed by atoms with Gasteiger partial charge >= 0.3 is 0 Å². The van der Waals surface area contributed by atoms with E-state index in [9.17, 15) is 0 Å². The van der Waals surface area contributed by atoms with Crippen LogP contribution in [0.5, 0.6) is 0 Å². The summed E-state index contributed by atoms with van der Waals surface area (Å²) in [7, 11) is 0. The molecule has 54 heavy (non-hydrogen) atoms. The lowest BCUT2D eigenvalue weighted by Crippen LogP contribution is -2.28. The summed E-state index contributed by atoms with van der Waals surface area (Å²) in [5, 5.41) is 0. The minimum atomic E-state index is -0.486. The number of anilines is 3. The number of nitrogens with zero attached hydrogens (tertiary/aromatic N) is 1. The van der Waals surface area contributed by atoms with E-state index in [4.69, 9.17) is 0 Å². The molecule has 256 valence electrons. The van der Waals surface area contributed by atoms with Crippen LogP contribution in [0.3, 0.4) is 0 Å². The molecule has 0 bridgehead atoms. The summed E-state index contributed by atoms with van der Waals surface area (Å²) in [6, 6.07) is 68.9. The van der Waals surface area contributed by atoms with E-state index in [-0.39, 0.29) is 0 Å². The summed E-state index contributed by atoms with van der Waals surface area (Å²) in [4.78, 5) is 2.51. The van der Waals surface area contributed by atoms with Crippen molar-refractivity contribution in [2.24, 2.45) is 5.92 Å². The van der Waals surface area contributed by atoms with Crippen molar-refractivity contribution >= 4 is 28.2 Å². The highest BCUT2D eigenvalue weighted by Crippen LogP contribution is 2.60. The fourth-order valence-electron chi connectivity index (χ4n) is 9.28. The van der Waals surface area contributed by atoms with Crippen molar-refractivity contribution in [1.82, 2.24) is 0 Å². The third-order valence-corrected chi connectivity index (χ3v) is 11.5. The highest BCUT2D eigenvalue weighted by Gasteiger charge is 2.47. The molecule has 7 aromatic carbocycles. The quantitative estimate of drug-likeness (QED) is 0.161. The first-order valence-electron chi connectivity index (χ1n) is 19.0. The van der Waals surface area contributed by atoms with Gasteiger partial charge in [0.05, 0.1) is 16.8 Å². The van der Waals surface area contributed by atoms with E-state index in [0.717, 1.165) is 23.5 Å². The van der Waals surface area contributed by atoms with Gasteiger partial charge in [-0.3, -0.25) is 0 Å². The highest BCUT2D eigenvalue weighted by atomic mass is 15.1. The van der Waals surface area contributed by atoms with Gasteiger partial charge in [-0.25, -0.2) is 0 Å². The second-order valence-corrected chi connectivity index (χ2v) is 14.3. The second-order valence-electron chi connectivity index (χ2n) is 14.3. The second kappa shape index (κ2) is 13.4. The zero-order valence-corrected chi connectivity index (χ0v) is 30.0. The van der Waals surface area contributed by atoms with Crippen LogP contribution >= 0.6 is 0 Å². The molecule has 0 fully saturated rings. The molecule has 1 unspecified atom stereocenters. The number of para-hydroxylation sites is 2. The molecule has 10 rings (SSSR count). The number of allylic oxidation sites excluding steroid dienone is 8. The third-order valence-electron chi connectivity index (χ3n) is 11.5. The fourth-order valence-corrected chi connectivity index (χ4v) is 9.28. The van der Waals surface area contributed by atoms with Crippen LogP contribution in [-0.4, -0.2) is 0 Å². The molecule has 0 heterocycles. The van der Waals surface area contributed by atoms with Crippen molar-refractivity contribution in [3.8, 4) is 11.1 Å². The van der Waals surface area contributed by atoms with Crippen LogP contribution in [-0.2, 0) is 5.41 Å². The van der Waals surface area contributed by atoms with Crippen LogP contribution < -0.4 is 4.90 Å². The molecule has 0 saturated carbocycles. The first-order chi connectivity index (χ1) is 26.8. The Kier molecular flexibility index (Phi) is 7.92. The summed E-state index contributed by atoms with van der Waals surface area (Å²) < 4.78 is 0. The van der Waals surface area contributed by atoms with E-state index in [1.807, 2.05) is 0 Å². The Hall–Kier alpha value is -6.70. The predicted octanol–water partition coefficient (Wildman–Crippen LogP) is 13.5. The van der Waals surface area contributed by atoms with Gasteiger partial charge in [0.25, 0.3) is 0 Å². The molecule has 0 radical (unpaired) electrons. The zero-order valence-electron chi connectivity index (χ0n) is 30.0. The van der Waals surface area contributed by atoms with Gasteiger partial charge in [0.15, 0.2) is 0 Å². The van der Waals surface area contributed by atoms with Gasteiger partial charge in [0.2, 0.25) is 0 Å². The molecule has 0 N–H and O–H groups in total. The molecule has 1 heteroatoms. The number of hydrogen-bond donors (Lipinski definition) is 0. The lowest BCUT2D eigenvalue weighted by Gasteiger charge is -2.35. The van der Waals surface area contributed by atoms with E-state index < -0.39 is 5.41 Å². The average Bonchev–Trinajstić information content (AvgIpc) is 3.56. The summed E-state index contributed by atoms with van der Waals surface area (Å²) >= 11 is 0.